The molecule has 49 valence electrons. The summed E-state index contributed by atoms with van der Waals surface area (Å²) in [6.07, 6.45) is 2.33. The molecule has 0 amide bonds. The smallest absolute Gasteiger partial charge is 0.101 e. The van der Waals surface area contributed by atoms with Crippen molar-refractivity contribution >= 4 is 29.3 Å². The summed E-state index contributed by atoms with van der Waals surface area (Å²) in [6, 6.07) is 0. The van der Waals surface area contributed by atoms with Crippen molar-refractivity contribution < 1.29 is 9.63 Å². The molecule has 0 heterocycles. The first-order valence-corrected chi connectivity index (χ1v) is 2.92. The maximum Gasteiger partial charge on any atom is 0.101 e. The minimum Gasteiger partial charge on any atom is -0.485 e. The fourth-order valence-corrected chi connectivity index (χ4v) is 0.898. The molecule has 4 heteroatoms. The largest absolute Gasteiger partial charge is 0.485 e. The molecule has 2 unspecified atom stereocenters. The van der Waals surface area contributed by atoms with Crippen LogP contribution >= 0.6 is 9.47 Å². The predicted molar refractivity (Wildman–Crippen MR) is 39.9 cm³/mol. The van der Waals surface area contributed by atoms with Gasteiger partial charge in [-0.15, -0.1) is 0 Å². The summed E-state index contributed by atoms with van der Waals surface area (Å²) in [6.45, 7) is 1.75. The van der Waals surface area contributed by atoms with Crippen molar-refractivity contribution in [1.82, 2.24) is 0 Å². The van der Waals surface area contributed by atoms with Gasteiger partial charge in [-0.1, -0.05) is 0 Å². The minimum atomic E-state index is -0.605. The van der Waals surface area contributed by atoms with E-state index in [1.807, 2.05) is 0 Å². The molecule has 2 atom stereocenters. The summed E-state index contributed by atoms with van der Waals surface area (Å²) in [5.74, 6) is 0.847. The van der Waals surface area contributed by atoms with Crippen LogP contribution in [0, 0.1) is 0 Å². The van der Waals surface area contributed by atoms with Crippen LogP contribution in [0.2, 0.25) is 0 Å². The molecule has 2 nitrogen and oxygen atoms in total. The van der Waals surface area contributed by atoms with Gasteiger partial charge in [-0.05, 0) is 13.0 Å². The quantitative estimate of drug-likeness (QED) is 0.494. The molecule has 9 heavy (non-hydrogen) atoms. The monoisotopic (exact) mass is 201 g/mol. The molecule has 0 saturated carbocycles. The van der Waals surface area contributed by atoms with Crippen molar-refractivity contribution in [3.8, 4) is 0 Å². The topological polar surface area (TPSA) is 29.5 Å². The molecule has 0 aromatic heterocycles. The van der Waals surface area contributed by atoms with E-state index in [2.05, 4.69) is 9.47 Å². The van der Waals surface area contributed by atoms with Crippen LogP contribution in [0.4, 0.5) is 0 Å². The molecule has 3 radical (unpaired) electrons. The van der Waals surface area contributed by atoms with Crippen LogP contribution in [0.3, 0.4) is 0 Å². The molecule has 0 fully saturated rings. The van der Waals surface area contributed by atoms with Crippen LogP contribution in [-0.4, -0.2) is 30.5 Å². The van der Waals surface area contributed by atoms with E-state index in [9.17, 15) is 0 Å². The summed E-state index contributed by atoms with van der Waals surface area (Å²) >= 11 is 0. The second-order valence-electron chi connectivity index (χ2n) is 2.26. The molecular weight excluding hydrogens is 193 g/mol. The van der Waals surface area contributed by atoms with E-state index in [1.165, 1.54) is 0 Å². The van der Waals surface area contributed by atoms with Gasteiger partial charge in [-0.2, -0.15) is 0 Å². The Balaban J connectivity index is 0.000000640. The van der Waals surface area contributed by atoms with E-state index in [-0.39, 0.29) is 19.8 Å². The third kappa shape index (κ3) is 2.34. The average Bonchev–Trinajstić information content (AvgIpc) is 1.60. The van der Waals surface area contributed by atoms with Crippen LogP contribution in [0.15, 0.2) is 11.8 Å². The molecule has 0 aliphatic heterocycles. The van der Waals surface area contributed by atoms with E-state index >= 15 is 0 Å². The first-order chi connectivity index (χ1) is 3.64. The second-order valence-corrected chi connectivity index (χ2v) is 2.50. The van der Waals surface area contributed by atoms with Crippen molar-refractivity contribution in [2.24, 2.45) is 0 Å². The molecule has 1 N–H and O–H groups in total. The van der Waals surface area contributed by atoms with Gasteiger partial charge in [0.25, 0.3) is 0 Å². The summed E-state index contributed by atoms with van der Waals surface area (Å²) < 4.78 is 4.74. The third-order valence-corrected chi connectivity index (χ3v) is 1.46. The van der Waals surface area contributed by atoms with Gasteiger partial charge in [0, 0.05) is 26.2 Å². The Kier molecular flexibility index (Phi) is 3.30. The van der Waals surface area contributed by atoms with Gasteiger partial charge in [-0.3, -0.25) is 0 Å². The first-order valence-electron chi connectivity index (χ1n) is 2.45. The van der Waals surface area contributed by atoms with Gasteiger partial charge in [0.2, 0.25) is 0 Å². The zero-order chi connectivity index (χ0) is 6.20. The van der Waals surface area contributed by atoms with Gasteiger partial charge in [0.05, 0.1) is 15.1 Å². The van der Waals surface area contributed by atoms with Crippen molar-refractivity contribution in [3.63, 3.8) is 0 Å². The second kappa shape index (κ2) is 3.11. The van der Waals surface area contributed by atoms with E-state index < -0.39 is 5.60 Å². The summed E-state index contributed by atoms with van der Waals surface area (Å²) in [4.78, 5) is 0. The maximum atomic E-state index is 9.05. The maximum absolute atomic E-state index is 9.05. The van der Waals surface area contributed by atoms with Gasteiger partial charge < -0.3 is 9.63 Å². The SMILES string of the molecule is CC1(O)C=C(OP)C1.[Ga]. The van der Waals surface area contributed by atoms with E-state index in [0.29, 0.717) is 6.42 Å². The van der Waals surface area contributed by atoms with Crippen LogP contribution in [-0.2, 0) is 4.52 Å². The Morgan fingerprint density at radius 3 is 2.44 bits per heavy atom. The Bertz CT molecular complexity index is 133. The zero-order valence-corrected chi connectivity index (χ0v) is 8.87. The van der Waals surface area contributed by atoms with Gasteiger partial charge in [0.1, 0.15) is 5.76 Å². The van der Waals surface area contributed by atoms with Gasteiger partial charge >= 0.3 is 0 Å². The number of rotatable bonds is 1. The van der Waals surface area contributed by atoms with Crippen molar-refractivity contribution in [1.29, 1.82) is 0 Å². The van der Waals surface area contributed by atoms with Crippen molar-refractivity contribution in [3.05, 3.63) is 11.8 Å². The zero-order valence-electron chi connectivity index (χ0n) is 5.29. The fourth-order valence-electron chi connectivity index (χ4n) is 0.746. The Hall–Kier alpha value is 0.566. The van der Waals surface area contributed by atoms with Crippen molar-refractivity contribution in [2.45, 2.75) is 18.9 Å². The summed E-state index contributed by atoms with van der Waals surface area (Å²) in [5.41, 5.74) is -0.605. The third-order valence-electron chi connectivity index (χ3n) is 1.16. The molecule has 0 saturated heterocycles. The summed E-state index contributed by atoms with van der Waals surface area (Å²) in [7, 11) is 2.14. The molecule has 0 aromatic rings. The molecular formula is C5H9GaO2P. The average molecular weight is 202 g/mol. The summed E-state index contributed by atoms with van der Waals surface area (Å²) in [5, 5.41) is 9.05. The van der Waals surface area contributed by atoms with Crippen LogP contribution < -0.4 is 0 Å². The Labute approximate surface area is 70.0 Å². The van der Waals surface area contributed by atoms with Crippen molar-refractivity contribution in [2.75, 3.05) is 0 Å². The molecule has 1 aliphatic carbocycles. The normalized spacial score (nSPS) is 31.7. The molecule has 1 aliphatic rings. The molecule has 0 aromatic carbocycles. The van der Waals surface area contributed by atoms with Gasteiger partial charge in [-0.25, -0.2) is 0 Å². The van der Waals surface area contributed by atoms with E-state index in [4.69, 9.17) is 9.63 Å². The molecule has 0 spiro atoms. The van der Waals surface area contributed by atoms with Crippen LogP contribution in [0.1, 0.15) is 13.3 Å². The van der Waals surface area contributed by atoms with Crippen LogP contribution in [0.5, 0.6) is 0 Å². The molecule has 1 rings (SSSR count). The standard InChI is InChI=1S/C5H9O2P.Ga/c1-5(6)2-4(3-5)7-8;/h2,6H,3,8H2,1H3;. The van der Waals surface area contributed by atoms with E-state index in [0.717, 1.165) is 5.76 Å². The minimum absolute atomic E-state index is 0. The molecule has 0 bridgehead atoms. The van der Waals surface area contributed by atoms with E-state index in [1.54, 1.807) is 13.0 Å². The number of aliphatic hydroxyl groups is 1. The first kappa shape index (κ1) is 9.57. The number of hydrogen-bond donors (Lipinski definition) is 1. The fraction of sp³-hybridized carbons (Fsp3) is 0.600. The predicted octanol–water partition coefficient (Wildman–Crippen LogP) is 0.451. The van der Waals surface area contributed by atoms with Gasteiger partial charge in [0.15, 0.2) is 0 Å². The Morgan fingerprint density at radius 1 is 1.89 bits per heavy atom. The number of hydrogen-bond acceptors (Lipinski definition) is 2. The van der Waals surface area contributed by atoms with Crippen LogP contribution in [0.25, 0.3) is 0 Å². The Morgan fingerprint density at radius 2 is 2.33 bits per heavy atom.